The van der Waals surface area contributed by atoms with E-state index in [1.807, 2.05) is 42.5 Å². The Morgan fingerprint density at radius 2 is 1.71 bits per heavy atom. The van der Waals surface area contributed by atoms with Crippen LogP contribution in [0.25, 0.3) is 0 Å². The smallest absolute Gasteiger partial charge is 0.249 e. The second-order valence-corrected chi connectivity index (χ2v) is 5.99. The molecule has 0 radical (unpaired) electrons. The van der Waals surface area contributed by atoms with Crippen molar-refractivity contribution in [3.05, 3.63) is 77.6 Å². The summed E-state index contributed by atoms with van der Waals surface area (Å²) in [5, 5.41) is 14.4. The van der Waals surface area contributed by atoms with Gasteiger partial charge in [-0.05, 0) is 40.0 Å². The van der Waals surface area contributed by atoms with E-state index >= 15 is 0 Å². The molecular formula is C18H17N5O. The van der Waals surface area contributed by atoms with Crippen molar-refractivity contribution in [2.24, 2.45) is 0 Å². The molecule has 0 saturated heterocycles. The van der Waals surface area contributed by atoms with Crippen LogP contribution in [-0.4, -0.2) is 32.2 Å². The van der Waals surface area contributed by atoms with Crippen molar-refractivity contribution in [3.63, 3.8) is 0 Å². The molecule has 1 amide bonds. The molecule has 1 aliphatic rings. The predicted octanol–water partition coefficient (Wildman–Crippen LogP) is 1.55. The van der Waals surface area contributed by atoms with Gasteiger partial charge in [0, 0.05) is 6.04 Å². The molecule has 1 atom stereocenters. The third kappa shape index (κ3) is 2.78. The van der Waals surface area contributed by atoms with Crippen molar-refractivity contribution < 1.29 is 4.79 Å². The van der Waals surface area contributed by atoms with Crippen LogP contribution in [-0.2, 0) is 17.6 Å². The summed E-state index contributed by atoms with van der Waals surface area (Å²) in [6, 6.07) is 17.4. The number of nitrogens with one attached hydrogen (secondary N) is 1. The zero-order chi connectivity index (χ0) is 16.4. The van der Waals surface area contributed by atoms with E-state index in [9.17, 15) is 4.79 Å². The van der Waals surface area contributed by atoms with Crippen LogP contribution in [0.2, 0.25) is 0 Å². The van der Waals surface area contributed by atoms with Crippen molar-refractivity contribution in [1.29, 1.82) is 0 Å². The van der Waals surface area contributed by atoms with Gasteiger partial charge in [0.25, 0.3) is 0 Å². The predicted molar refractivity (Wildman–Crippen MR) is 88.2 cm³/mol. The van der Waals surface area contributed by atoms with Gasteiger partial charge in [0.05, 0.1) is 0 Å². The Morgan fingerprint density at radius 1 is 1.04 bits per heavy atom. The topological polar surface area (TPSA) is 72.7 Å². The molecule has 120 valence electrons. The number of aromatic nitrogens is 4. The van der Waals surface area contributed by atoms with Gasteiger partial charge in [-0.2, -0.15) is 0 Å². The molecule has 0 aliphatic heterocycles. The van der Waals surface area contributed by atoms with E-state index in [1.54, 1.807) is 0 Å². The highest BCUT2D eigenvalue weighted by molar-refractivity contribution is 5.83. The molecule has 1 aliphatic carbocycles. The lowest BCUT2D eigenvalue weighted by molar-refractivity contribution is -0.124. The zero-order valence-corrected chi connectivity index (χ0v) is 13.0. The summed E-state index contributed by atoms with van der Waals surface area (Å²) in [5.41, 5.74) is 3.47. The zero-order valence-electron chi connectivity index (χ0n) is 13.0. The van der Waals surface area contributed by atoms with Gasteiger partial charge in [-0.25, -0.2) is 4.68 Å². The van der Waals surface area contributed by atoms with Gasteiger partial charge in [-0.3, -0.25) is 4.79 Å². The normalized spacial score (nSPS) is 15.0. The van der Waals surface area contributed by atoms with Crippen molar-refractivity contribution in [1.82, 2.24) is 25.5 Å². The van der Waals surface area contributed by atoms with E-state index < -0.39 is 6.04 Å². The fourth-order valence-corrected chi connectivity index (χ4v) is 3.29. The monoisotopic (exact) mass is 319 g/mol. The van der Waals surface area contributed by atoms with Gasteiger partial charge >= 0.3 is 0 Å². The van der Waals surface area contributed by atoms with Crippen molar-refractivity contribution in [2.45, 2.75) is 24.9 Å². The molecule has 1 aromatic heterocycles. The Labute approximate surface area is 139 Å². The number of benzene rings is 2. The molecular weight excluding hydrogens is 302 g/mol. The minimum atomic E-state index is -0.565. The van der Waals surface area contributed by atoms with Crippen LogP contribution in [0.5, 0.6) is 0 Å². The highest BCUT2D eigenvalue weighted by Crippen LogP contribution is 2.23. The van der Waals surface area contributed by atoms with Crippen LogP contribution >= 0.6 is 0 Å². The molecule has 1 heterocycles. The fourth-order valence-electron chi connectivity index (χ4n) is 3.29. The Balaban J connectivity index is 1.55. The summed E-state index contributed by atoms with van der Waals surface area (Å²) < 4.78 is 1.49. The van der Waals surface area contributed by atoms with Crippen molar-refractivity contribution in [3.8, 4) is 0 Å². The van der Waals surface area contributed by atoms with Gasteiger partial charge in [0.2, 0.25) is 5.91 Å². The van der Waals surface area contributed by atoms with E-state index in [0.29, 0.717) is 0 Å². The first-order chi connectivity index (χ1) is 11.8. The maximum Gasteiger partial charge on any atom is 0.249 e. The fraction of sp³-hybridized carbons (Fsp3) is 0.222. The molecule has 1 N–H and O–H groups in total. The van der Waals surface area contributed by atoms with E-state index in [2.05, 4.69) is 33.0 Å². The average Bonchev–Trinajstić information content (AvgIpc) is 3.25. The molecule has 4 rings (SSSR count). The van der Waals surface area contributed by atoms with E-state index in [1.165, 1.54) is 22.1 Å². The number of carbonyl (C=O) groups is 1. The minimum absolute atomic E-state index is 0.0914. The SMILES string of the molecule is O=C(NC1Cc2ccccc2C1)C(c1ccccc1)n1cnnn1. The molecule has 6 heteroatoms. The molecule has 6 nitrogen and oxygen atoms in total. The van der Waals surface area contributed by atoms with E-state index in [4.69, 9.17) is 0 Å². The molecule has 0 bridgehead atoms. The first-order valence-corrected chi connectivity index (χ1v) is 7.96. The lowest BCUT2D eigenvalue weighted by atomic mass is 10.1. The molecule has 3 aromatic rings. The van der Waals surface area contributed by atoms with Crippen LogP contribution < -0.4 is 5.32 Å². The summed E-state index contributed by atoms with van der Waals surface area (Å²) in [6.45, 7) is 0. The maximum atomic E-state index is 12.9. The van der Waals surface area contributed by atoms with Crippen LogP contribution in [0.3, 0.4) is 0 Å². The van der Waals surface area contributed by atoms with Gasteiger partial charge < -0.3 is 5.32 Å². The highest BCUT2D eigenvalue weighted by atomic mass is 16.2. The molecule has 0 saturated carbocycles. The van der Waals surface area contributed by atoms with Crippen LogP contribution in [0.1, 0.15) is 22.7 Å². The summed E-state index contributed by atoms with van der Waals surface area (Å²) in [4.78, 5) is 12.9. The highest BCUT2D eigenvalue weighted by Gasteiger charge is 2.28. The lowest BCUT2D eigenvalue weighted by Gasteiger charge is -2.19. The Morgan fingerprint density at radius 3 is 2.33 bits per heavy atom. The third-order valence-corrected chi connectivity index (χ3v) is 4.39. The molecule has 2 aromatic carbocycles. The van der Waals surface area contributed by atoms with Gasteiger partial charge in [0.1, 0.15) is 6.33 Å². The quantitative estimate of drug-likeness (QED) is 0.792. The second kappa shape index (κ2) is 6.23. The van der Waals surface area contributed by atoms with Gasteiger partial charge in [-0.1, -0.05) is 54.6 Å². The van der Waals surface area contributed by atoms with Crippen LogP contribution in [0.15, 0.2) is 60.9 Å². The summed E-state index contributed by atoms with van der Waals surface area (Å²) >= 11 is 0. The largest absolute Gasteiger partial charge is 0.351 e. The molecule has 24 heavy (non-hydrogen) atoms. The summed E-state index contributed by atoms with van der Waals surface area (Å²) in [5.74, 6) is -0.0914. The maximum absolute atomic E-state index is 12.9. The lowest BCUT2D eigenvalue weighted by Crippen LogP contribution is -2.40. The van der Waals surface area contributed by atoms with Gasteiger partial charge in [-0.15, -0.1) is 5.10 Å². The second-order valence-electron chi connectivity index (χ2n) is 5.99. The first kappa shape index (κ1) is 14.6. The van der Waals surface area contributed by atoms with E-state index in [0.717, 1.165) is 18.4 Å². The number of fused-ring (bicyclic) bond motifs is 1. The summed E-state index contributed by atoms with van der Waals surface area (Å²) in [6.07, 6.45) is 3.19. The van der Waals surface area contributed by atoms with Crippen LogP contribution in [0.4, 0.5) is 0 Å². The third-order valence-electron chi connectivity index (χ3n) is 4.39. The van der Waals surface area contributed by atoms with Gasteiger partial charge in [0.15, 0.2) is 6.04 Å². The number of tetrazole rings is 1. The van der Waals surface area contributed by atoms with E-state index in [-0.39, 0.29) is 11.9 Å². The minimum Gasteiger partial charge on any atom is -0.351 e. The average molecular weight is 319 g/mol. The Bertz CT molecular complexity index is 807. The number of rotatable bonds is 4. The number of hydrogen-bond donors (Lipinski definition) is 1. The number of nitrogens with zero attached hydrogens (tertiary/aromatic N) is 4. The Kier molecular flexibility index (Phi) is 3.78. The van der Waals surface area contributed by atoms with Crippen molar-refractivity contribution in [2.75, 3.05) is 0 Å². The van der Waals surface area contributed by atoms with Crippen LogP contribution in [0, 0.1) is 0 Å². The first-order valence-electron chi connectivity index (χ1n) is 7.96. The molecule has 1 unspecified atom stereocenters. The number of amides is 1. The standard InChI is InChI=1S/C18H17N5O/c24-18(20-16-10-14-8-4-5-9-15(14)11-16)17(23-12-19-21-22-23)13-6-2-1-3-7-13/h1-9,12,16-17H,10-11H2,(H,20,24). The number of hydrogen-bond acceptors (Lipinski definition) is 4. The molecule has 0 fully saturated rings. The summed E-state index contributed by atoms with van der Waals surface area (Å²) in [7, 11) is 0. The Hall–Kier alpha value is -3.02. The van der Waals surface area contributed by atoms with Crippen molar-refractivity contribution >= 4 is 5.91 Å². The molecule has 0 spiro atoms. The number of carbonyl (C=O) groups excluding carboxylic acids is 1.